The third kappa shape index (κ3) is 3.67. The monoisotopic (exact) mass is 385 g/mol. The van der Waals surface area contributed by atoms with E-state index >= 15 is 0 Å². The van der Waals surface area contributed by atoms with E-state index in [1.807, 2.05) is 0 Å². The van der Waals surface area contributed by atoms with E-state index in [1.54, 1.807) is 18.2 Å². The largest absolute Gasteiger partial charge is 0.439 e. The molecule has 4 N–H and O–H groups in total. The minimum absolute atomic E-state index is 0.00884. The Morgan fingerprint density at radius 2 is 2.08 bits per heavy atom. The van der Waals surface area contributed by atoms with Crippen LogP contribution in [0.25, 0.3) is 0 Å². The predicted molar refractivity (Wildman–Crippen MR) is 91.6 cm³/mol. The molecule has 0 saturated heterocycles. The molecule has 2 aromatic rings. The number of halogens is 4. The summed E-state index contributed by atoms with van der Waals surface area (Å²) in [5.41, 5.74) is 4.01. The standard InChI is InChI=1S/C16H15ClF3N5O/c17-9-2-1-3-10(6-9)26-13(22)11-12(21)24-8-25-14(11)23-7-15(4-5-15)16(18,19)20/h1-3,6,8,22H,4-5,7H2,(H3,21,23,24,25). The number of benzene rings is 1. The summed E-state index contributed by atoms with van der Waals surface area (Å²) in [5, 5.41) is 11.2. The van der Waals surface area contributed by atoms with Gasteiger partial charge in [0.25, 0.3) is 0 Å². The third-order valence-corrected chi connectivity index (χ3v) is 4.40. The minimum Gasteiger partial charge on any atom is -0.439 e. The molecule has 6 nitrogen and oxygen atoms in total. The molecule has 0 spiro atoms. The highest BCUT2D eigenvalue weighted by atomic mass is 35.5. The highest BCUT2D eigenvalue weighted by Gasteiger charge is 2.62. The van der Waals surface area contributed by atoms with Crippen molar-refractivity contribution in [2.45, 2.75) is 19.0 Å². The first-order valence-corrected chi connectivity index (χ1v) is 8.03. The summed E-state index contributed by atoms with van der Waals surface area (Å²) in [6, 6.07) is 6.34. The lowest BCUT2D eigenvalue weighted by Gasteiger charge is -2.21. The number of nitrogens with zero attached hydrogens (tertiary/aromatic N) is 2. The van der Waals surface area contributed by atoms with Gasteiger partial charge in [-0.3, -0.25) is 5.41 Å². The molecule has 0 bridgehead atoms. The van der Waals surface area contributed by atoms with Gasteiger partial charge in [0, 0.05) is 11.6 Å². The lowest BCUT2D eigenvalue weighted by molar-refractivity contribution is -0.182. The Balaban J connectivity index is 1.80. The lowest BCUT2D eigenvalue weighted by Crippen LogP contribution is -2.32. The Kier molecular flexibility index (Phi) is 4.66. The fraction of sp³-hybridized carbons (Fsp3) is 0.312. The van der Waals surface area contributed by atoms with Crippen LogP contribution in [0.3, 0.4) is 0 Å². The van der Waals surface area contributed by atoms with Crippen LogP contribution in [0.5, 0.6) is 5.75 Å². The molecule has 0 aliphatic heterocycles. The molecule has 1 aromatic carbocycles. The molecule has 1 aliphatic rings. The molecule has 1 fully saturated rings. The fourth-order valence-electron chi connectivity index (χ4n) is 2.42. The molecule has 138 valence electrons. The van der Waals surface area contributed by atoms with E-state index in [0.717, 1.165) is 6.33 Å². The lowest BCUT2D eigenvalue weighted by atomic mass is 10.1. The van der Waals surface area contributed by atoms with Crippen molar-refractivity contribution < 1.29 is 17.9 Å². The summed E-state index contributed by atoms with van der Waals surface area (Å²) >= 11 is 5.87. The average molecular weight is 386 g/mol. The van der Waals surface area contributed by atoms with Crippen LogP contribution < -0.4 is 15.8 Å². The number of aromatic nitrogens is 2. The summed E-state index contributed by atoms with van der Waals surface area (Å²) in [6.45, 7) is -0.357. The molecule has 0 amide bonds. The van der Waals surface area contributed by atoms with Gasteiger partial charge in [-0.05, 0) is 31.0 Å². The number of alkyl halides is 3. The van der Waals surface area contributed by atoms with Crippen LogP contribution in [-0.2, 0) is 0 Å². The molecule has 0 unspecified atom stereocenters. The number of rotatable bonds is 5. The summed E-state index contributed by atoms with van der Waals surface area (Å²) in [7, 11) is 0. The number of nitrogen functional groups attached to an aromatic ring is 1. The van der Waals surface area contributed by atoms with Gasteiger partial charge in [-0.25, -0.2) is 9.97 Å². The average Bonchev–Trinajstić information content (AvgIpc) is 3.34. The number of ether oxygens (including phenoxy) is 1. The maximum Gasteiger partial charge on any atom is 0.396 e. The molecule has 0 radical (unpaired) electrons. The van der Waals surface area contributed by atoms with Crippen LogP contribution in [-0.4, -0.2) is 28.6 Å². The Morgan fingerprint density at radius 3 is 2.69 bits per heavy atom. The van der Waals surface area contributed by atoms with Gasteiger partial charge in [0.15, 0.2) is 0 Å². The molecule has 0 atom stereocenters. The van der Waals surface area contributed by atoms with Gasteiger partial charge < -0.3 is 15.8 Å². The van der Waals surface area contributed by atoms with Crippen molar-refractivity contribution in [2.75, 3.05) is 17.6 Å². The number of nitrogens with one attached hydrogen (secondary N) is 2. The predicted octanol–water partition coefficient (Wildman–Crippen LogP) is 3.87. The van der Waals surface area contributed by atoms with Crippen molar-refractivity contribution >= 4 is 29.1 Å². The number of hydrogen-bond acceptors (Lipinski definition) is 6. The molecular weight excluding hydrogens is 371 g/mol. The van der Waals surface area contributed by atoms with Crippen LogP contribution in [0.1, 0.15) is 18.4 Å². The van der Waals surface area contributed by atoms with Gasteiger partial charge in [0.05, 0.1) is 5.41 Å². The molecule has 10 heteroatoms. The van der Waals surface area contributed by atoms with Crippen LogP contribution in [0.2, 0.25) is 5.02 Å². The van der Waals surface area contributed by atoms with E-state index in [4.69, 9.17) is 27.5 Å². The molecular formula is C16H15ClF3N5O. The van der Waals surface area contributed by atoms with Crippen molar-refractivity contribution in [1.82, 2.24) is 9.97 Å². The second kappa shape index (κ2) is 6.64. The summed E-state index contributed by atoms with van der Waals surface area (Å²) in [6.07, 6.45) is -3.09. The van der Waals surface area contributed by atoms with Crippen molar-refractivity contribution in [3.63, 3.8) is 0 Å². The molecule has 1 heterocycles. The first-order valence-electron chi connectivity index (χ1n) is 7.65. The SMILES string of the molecule is N=C(Oc1cccc(Cl)c1)c1c(N)ncnc1NCC1(C(F)(F)F)CC1. The van der Waals surface area contributed by atoms with E-state index in [1.165, 1.54) is 6.07 Å². The summed E-state index contributed by atoms with van der Waals surface area (Å²) < 4.78 is 44.7. The number of nitrogens with two attached hydrogens (primary N) is 1. The highest BCUT2D eigenvalue weighted by Crippen LogP contribution is 2.57. The van der Waals surface area contributed by atoms with Crippen molar-refractivity contribution in [2.24, 2.45) is 5.41 Å². The maximum atomic E-state index is 13.1. The third-order valence-electron chi connectivity index (χ3n) is 4.17. The molecule has 3 rings (SSSR count). The van der Waals surface area contributed by atoms with Gasteiger partial charge in [-0.15, -0.1) is 0 Å². The molecule has 1 aromatic heterocycles. The second-order valence-electron chi connectivity index (χ2n) is 6.00. The molecule has 26 heavy (non-hydrogen) atoms. The van der Waals surface area contributed by atoms with E-state index in [9.17, 15) is 13.2 Å². The Hall–Kier alpha value is -2.55. The molecule has 1 aliphatic carbocycles. The Bertz CT molecular complexity index is 839. The van der Waals surface area contributed by atoms with Crippen LogP contribution in [0, 0.1) is 10.8 Å². The topological polar surface area (TPSA) is 96.9 Å². The number of hydrogen-bond donors (Lipinski definition) is 3. The quantitative estimate of drug-likeness (QED) is 0.536. The minimum atomic E-state index is -4.30. The van der Waals surface area contributed by atoms with Crippen molar-refractivity contribution in [3.05, 3.63) is 41.2 Å². The van der Waals surface area contributed by atoms with Crippen LogP contribution in [0.15, 0.2) is 30.6 Å². The van der Waals surface area contributed by atoms with E-state index in [0.29, 0.717) is 5.02 Å². The smallest absolute Gasteiger partial charge is 0.396 e. The summed E-state index contributed by atoms with van der Waals surface area (Å²) in [4.78, 5) is 7.70. The Morgan fingerprint density at radius 1 is 1.35 bits per heavy atom. The van der Waals surface area contributed by atoms with Gasteiger partial charge in [0.1, 0.15) is 29.3 Å². The first kappa shape index (κ1) is 18.2. The van der Waals surface area contributed by atoms with Gasteiger partial charge in [-0.2, -0.15) is 13.2 Å². The van der Waals surface area contributed by atoms with Gasteiger partial charge in [-0.1, -0.05) is 17.7 Å². The van der Waals surface area contributed by atoms with Crippen LogP contribution in [0.4, 0.5) is 24.8 Å². The fourth-order valence-corrected chi connectivity index (χ4v) is 2.60. The van der Waals surface area contributed by atoms with E-state index < -0.39 is 17.5 Å². The zero-order valence-electron chi connectivity index (χ0n) is 13.4. The zero-order valence-corrected chi connectivity index (χ0v) is 14.2. The van der Waals surface area contributed by atoms with Crippen molar-refractivity contribution in [3.8, 4) is 5.75 Å². The maximum absolute atomic E-state index is 13.1. The number of anilines is 2. The van der Waals surface area contributed by atoms with Gasteiger partial charge >= 0.3 is 6.18 Å². The van der Waals surface area contributed by atoms with Crippen molar-refractivity contribution in [1.29, 1.82) is 5.41 Å². The summed E-state index contributed by atoms with van der Waals surface area (Å²) in [5.74, 6) is -0.179. The van der Waals surface area contributed by atoms with E-state index in [-0.39, 0.29) is 42.3 Å². The highest BCUT2D eigenvalue weighted by molar-refractivity contribution is 6.30. The van der Waals surface area contributed by atoms with E-state index in [2.05, 4.69) is 15.3 Å². The first-order chi connectivity index (χ1) is 12.2. The molecule has 1 saturated carbocycles. The Labute approximate surface area is 152 Å². The second-order valence-corrected chi connectivity index (χ2v) is 6.44. The normalized spacial score (nSPS) is 15.4. The zero-order chi connectivity index (χ0) is 18.9. The van der Waals surface area contributed by atoms with Crippen LogP contribution >= 0.6 is 11.6 Å². The van der Waals surface area contributed by atoms with Gasteiger partial charge in [0.2, 0.25) is 5.90 Å².